The van der Waals surface area contributed by atoms with Gasteiger partial charge in [-0.2, -0.15) is 0 Å². The summed E-state index contributed by atoms with van der Waals surface area (Å²) in [6.45, 7) is 1.57. The van der Waals surface area contributed by atoms with Gasteiger partial charge in [-0.3, -0.25) is 4.79 Å². The summed E-state index contributed by atoms with van der Waals surface area (Å²) < 4.78 is 21.5. The van der Waals surface area contributed by atoms with Crippen LogP contribution in [0, 0.1) is 5.92 Å². The lowest BCUT2D eigenvalue weighted by Gasteiger charge is -2.28. The third-order valence-corrected chi connectivity index (χ3v) is 5.39. The Balaban J connectivity index is 2.36. The van der Waals surface area contributed by atoms with Crippen LogP contribution in [0.25, 0.3) is 0 Å². The van der Waals surface area contributed by atoms with Crippen molar-refractivity contribution in [2.45, 2.75) is 19.3 Å². The van der Waals surface area contributed by atoms with E-state index >= 15 is 0 Å². The maximum Gasteiger partial charge on any atom is 0.167 e. The zero-order valence-corrected chi connectivity index (χ0v) is 17.0. The lowest BCUT2D eigenvalue weighted by molar-refractivity contribution is -0.311. The van der Waals surface area contributed by atoms with E-state index in [-0.39, 0.29) is 12.2 Å². The van der Waals surface area contributed by atoms with Gasteiger partial charge in [0.05, 0.1) is 28.4 Å². The minimum atomic E-state index is -1.22. The second kappa shape index (κ2) is 8.03. The van der Waals surface area contributed by atoms with Gasteiger partial charge >= 0.3 is 0 Å². The molecule has 1 aliphatic carbocycles. The first kappa shape index (κ1) is 20.5. The van der Waals surface area contributed by atoms with Gasteiger partial charge in [-0.15, -0.1) is 0 Å². The molecule has 2 atom stereocenters. The second-order valence-electron chi connectivity index (χ2n) is 6.89. The fourth-order valence-corrected chi connectivity index (χ4v) is 3.88. The van der Waals surface area contributed by atoms with Gasteiger partial charge in [-0.25, -0.2) is 0 Å². The van der Waals surface area contributed by atoms with Gasteiger partial charge in [0, 0.05) is 29.8 Å². The molecule has 0 heterocycles. The number of hydrogen-bond donors (Lipinski definition) is 0. The van der Waals surface area contributed by atoms with E-state index in [1.54, 1.807) is 31.2 Å². The van der Waals surface area contributed by atoms with Gasteiger partial charge in [-0.05, 0) is 41.0 Å². The maximum atomic E-state index is 13.1. The van der Waals surface area contributed by atoms with E-state index in [1.807, 2.05) is 0 Å². The Morgan fingerprint density at radius 1 is 0.897 bits per heavy atom. The first-order valence-corrected chi connectivity index (χ1v) is 9.11. The zero-order valence-electron chi connectivity index (χ0n) is 17.0. The third-order valence-electron chi connectivity index (χ3n) is 5.39. The van der Waals surface area contributed by atoms with Gasteiger partial charge in [0.2, 0.25) is 0 Å². The molecule has 2 aromatic carbocycles. The molecular weight excluding hydrogens is 376 g/mol. The number of carboxylic acids is 1. The van der Waals surface area contributed by atoms with Crippen molar-refractivity contribution in [1.29, 1.82) is 0 Å². The summed E-state index contributed by atoms with van der Waals surface area (Å²) in [6.07, 6.45) is 0.0917. The zero-order chi connectivity index (χ0) is 21.3. The van der Waals surface area contributed by atoms with E-state index in [1.165, 1.54) is 28.4 Å². The second-order valence-corrected chi connectivity index (χ2v) is 6.89. The molecule has 2 unspecified atom stereocenters. The average molecular weight is 399 g/mol. The van der Waals surface area contributed by atoms with Crippen molar-refractivity contribution in [1.82, 2.24) is 0 Å². The Labute approximate surface area is 169 Å². The maximum absolute atomic E-state index is 13.1. The van der Waals surface area contributed by atoms with Crippen LogP contribution in [-0.2, 0) is 11.2 Å². The average Bonchev–Trinajstić information content (AvgIpc) is 2.84. The first-order valence-electron chi connectivity index (χ1n) is 9.11. The number of hydrogen-bond acceptors (Lipinski definition) is 7. The molecule has 2 aromatic rings. The van der Waals surface area contributed by atoms with E-state index < -0.39 is 17.8 Å². The number of methoxy groups -OCH3 is 4. The number of rotatable bonds is 6. The molecule has 0 aromatic heterocycles. The Morgan fingerprint density at radius 3 is 1.90 bits per heavy atom. The molecule has 0 spiro atoms. The molecule has 0 saturated heterocycles. The molecule has 0 aliphatic heterocycles. The number of ketones is 1. The van der Waals surface area contributed by atoms with Crippen LogP contribution in [0.15, 0.2) is 24.3 Å². The van der Waals surface area contributed by atoms with Gasteiger partial charge in [-0.1, -0.05) is 6.92 Å². The first-order chi connectivity index (χ1) is 13.9. The van der Waals surface area contributed by atoms with E-state index in [9.17, 15) is 14.7 Å². The van der Waals surface area contributed by atoms with Crippen LogP contribution in [0.5, 0.6) is 23.0 Å². The standard InChI is InChI=1S/C22H24O7/c1-11(22(24)25)21-13-8-18(27-3)17(26-2)7-12(13)6-16(23)14-9-19(28-4)20(29-5)10-15(14)21/h7-11,21H,6H2,1-5H3,(H,24,25)/p-1. The molecule has 0 fully saturated rings. The molecule has 0 radical (unpaired) electrons. The van der Waals surface area contributed by atoms with Crippen LogP contribution >= 0.6 is 0 Å². The molecular formula is C22H23O7-. The summed E-state index contributed by atoms with van der Waals surface area (Å²) in [6, 6.07) is 6.73. The van der Waals surface area contributed by atoms with Crippen molar-refractivity contribution < 1.29 is 33.6 Å². The fourth-order valence-electron chi connectivity index (χ4n) is 3.88. The molecule has 3 rings (SSSR count). The summed E-state index contributed by atoms with van der Waals surface area (Å²) in [7, 11) is 5.98. The molecule has 0 bridgehead atoms. The normalized spacial score (nSPS) is 16.2. The van der Waals surface area contributed by atoms with Crippen LogP contribution in [0.1, 0.15) is 39.9 Å². The highest BCUT2D eigenvalue weighted by Crippen LogP contribution is 2.45. The SMILES string of the molecule is COc1cc2c(cc1OC)C(C(C)C(=O)[O-])c1cc(OC)c(OC)cc1C(=O)C2. The number of carbonyl (C=O) groups excluding carboxylic acids is 2. The quantitative estimate of drug-likeness (QED) is 0.733. The van der Waals surface area contributed by atoms with Crippen LogP contribution in [0.2, 0.25) is 0 Å². The summed E-state index contributed by atoms with van der Waals surface area (Å²) in [4.78, 5) is 25.0. The van der Waals surface area contributed by atoms with Crippen molar-refractivity contribution in [3.63, 3.8) is 0 Å². The highest BCUT2D eigenvalue weighted by molar-refractivity contribution is 6.01. The van der Waals surface area contributed by atoms with Crippen molar-refractivity contribution in [2.24, 2.45) is 5.92 Å². The van der Waals surface area contributed by atoms with Crippen LogP contribution in [0.3, 0.4) is 0 Å². The summed E-state index contributed by atoms with van der Waals surface area (Å²) >= 11 is 0. The number of carboxylic acid groups (broad SMARTS) is 1. The minimum absolute atomic E-state index is 0.0917. The van der Waals surface area contributed by atoms with E-state index in [4.69, 9.17) is 18.9 Å². The molecule has 7 heteroatoms. The van der Waals surface area contributed by atoms with Crippen LogP contribution in [-0.4, -0.2) is 40.2 Å². The predicted molar refractivity (Wildman–Crippen MR) is 103 cm³/mol. The Bertz CT molecular complexity index is 964. The Kier molecular flexibility index (Phi) is 5.68. The van der Waals surface area contributed by atoms with E-state index in [0.29, 0.717) is 45.3 Å². The predicted octanol–water partition coefficient (Wildman–Crippen LogP) is 1.98. The summed E-state index contributed by atoms with van der Waals surface area (Å²) in [5, 5.41) is 11.9. The lowest BCUT2D eigenvalue weighted by Crippen LogP contribution is -2.34. The monoisotopic (exact) mass is 399 g/mol. The van der Waals surface area contributed by atoms with E-state index in [2.05, 4.69) is 0 Å². The van der Waals surface area contributed by atoms with Crippen molar-refractivity contribution >= 4 is 11.8 Å². The number of carbonyl (C=O) groups is 2. The fraction of sp³-hybridized carbons (Fsp3) is 0.364. The number of ether oxygens (including phenoxy) is 4. The Hall–Kier alpha value is -3.22. The molecule has 29 heavy (non-hydrogen) atoms. The molecule has 0 saturated carbocycles. The molecule has 1 aliphatic rings. The van der Waals surface area contributed by atoms with Crippen molar-refractivity contribution in [3.05, 3.63) is 46.5 Å². The number of aliphatic carboxylic acids is 1. The Morgan fingerprint density at radius 2 is 1.38 bits per heavy atom. The van der Waals surface area contributed by atoms with Gasteiger partial charge < -0.3 is 28.8 Å². The topological polar surface area (TPSA) is 94.1 Å². The smallest absolute Gasteiger partial charge is 0.167 e. The van der Waals surface area contributed by atoms with Crippen molar-refractivity contribution in [2.75, 3.05) is 28.4 Å². The van der Waals surface area contributed by atoms with Gasteiger partial charge in [0.25, 0.3) is 0 Å². The third kappa shape index (κ3) is 3.48. The summed E-state index contributed by atoms with van der Waals surface area (Å²) in [5.41, 5.74) is 2.31. The van der Waals surface area contributed by atoms with Crippen LogP contribution in [0.4, 0.5) is 0 Å². The number of fused-ring (bicyclic) bond motifs is 2. The highest BCUT2D eigenvalue weighted by Gasteiger charge is 2.34. The lowest BCUT2D eigenvalue weighted by atomic mass is 9.79. The number of Topliss-reactive ketones (excluding diaryl/α,β-unsaturated/α-hetero) is 1. The van der Waals surface area contributed by atoms with Gasteiger partial charge in [0.15, 0.2) is 28.8 Å². The van der Waals surface area contributed by atoms with Crippen LogP contribution < -0.4 is 24.1 Å². The van der Waals surface area contributed by atoms with E-state index in [0.717, 1.165) is 0 Å². The molecule has 154 valence electrons. The highest BCUT2D eigenvalue weighted by atomic mass is 16.5. The minimum Gasteiger partial charge on any atom is -0.550 e. The largest absolute Gasteiger partial charge is 0.550 e. The molecule has 0 amide bonds. The van der Waals surface area contributed by atoms with Gasteiger partial charge in [0.1, 0.15) is 0 Å². The molecule has 7 nitrogen and oxygen atoms in total. The van der Waals surface area contributed by atoms with Crippen molar-refractivity contribution in [3.8, 4) is 23.0 Å². The molecule has 0 N–H and O–H groups in total. The number of benzene rings is 2. The summed E-state index contributed by atoms with van der Waals surface area (Å²) in [5.74, 6) is -1.17.